The van der Waals surface area contributed by atoms with Crippen LogP contribution in [0.2, 0.25) is 0 Å². The van der Waals surface area contributed by atoms with E-state index in [1.54, 1.807) is 18.2 Å². The predicted octanol–water partition coefficient (Wildman–Crippen LogP) is 2.57. The molecule has 0 unspecified atom stereocenters. The number of anilines is 1. The van der Waals surface area contributed by atoms with Gasteiger partial charge in [-0.05, 0) is 35.9 Å². The minimum absolute atomic E-state index is 0.107. The number of ether oxygens (including phenoxy) is 1. The molecule has 0 fully saturated rings. The summed E-state index contributed by atoms with van der Waals surface area (Å²) in [5.74, 6) is -0.0363. The van der Waals surface area contributed by atoms with E-state index in [0.29, 0.717) is 12.2 Å². The summed E-state index contributed by atoms with van der Waals surface area (Å²) in [7, 11) is 0. The van der Waals surface area contributed by atoms with Gasteiger partial charge >= 0.3 is 0 Å². The zero-order valence-corrected chi connectivity index (χ0v) is 10.2. The van der Waals surface area contributed by atoms with E-state index in [1.165, 1.54) is 18.2 Å². The number of nitrogens with two attached hydrogens (primary N) is 1. The van der Waals surface area contributed by atoms with E-state index in [2.05, 4.69) is 0 Å². The Morgan fingerprint density at radius 1 is 1.26 bits per heavy atom. The number of para-hydroxylation sites is 1. The summed E-state index contributed by atoms with van der Waals surface area (Å²) in [6.07, 6.45) is 0.787. The fraction of sp³-hybridized carbons (Fsp3) is 0.133. The zero-order chi connectivity index (χ0) is 13.4. The van der Waals surface area contributed by atoms with Gasteiger partial charge in [-0.15, -0.1) is 0 Å². The van der Waals surface area contributed by atoms with Crippen molar-refractivity contribution in [2.75, 3.05) is 12.3 Å². The number of halogens is 1. The molecule has 0 atom stereocenters. The quantitative estimate of drug-likeness (QED) is 0.664. The number of fused-ring (bicyclic) bond motifs is 1. The molecule has 1 aliphatic heterocycles. The van der Waals surface area contributed by atoms with Crippen molar-refractivity contribution in [2.24, 2.45) is 0 Å². The van der Waals surface area contributed by atoms with E-state index >= 15 is 0 Å². The van der Waals surface area contributed by atoms with Crippen molar-refractivity contribution in [3.8, 4) is 5.75 Å². The second-order valence-corrected chi connectivity index (χ2v) is 4.45. The largest absolute Gasteiger partial charge is 0.493 e. The number of hydrogen-bond acceptors (Lipinski definition) is 3. The summed E-state index contributed by atoms with van der Waals surface area (Å²) in [6.45, 7) is 0.634. The molecule has 1 heterocycles. The van der Waals surface area contributed by atoms with Crippen LogP contribution in [0.4, 0.5) is 10.1 Å². The summed E-state index contributed by atoms with van der Waals surface area (Å²) >= 11 is 0. The number of nitrogen functional groups attached to an aromatic ring is 1. The van der Waals surface area contributed by atoms with E-state index in [1.807, 2.05) is 0 Å². The highest BCUT2D eigenvalue weighted by Gasteiger charge is 2.18. The summed E-state index contributed by atoms with van der Waals surface area (Å²) in [4.78, 5) is 12.3. The van der Waals surface area contributed by atoms with Crippen LogP contribution in [0, 0.1) is 5.82 Å². The Morgan fingerprint density at radius 2 is 2.11 bits per heavy atom. The second-order valence-electron chi connectivity index (χ2n) is 4.45. The summed E-state index contributed by atoms with van der Waals surface area (Å²) in [5.41, 5.74) is 7.20. The highest BCUT2D eigenvalue weighted by molar-refractivity contribution is 6.12. The number of benzene rings is 2. The van der Waals surface area contributed by atoms with Crippen molar-refractivity contribution in [1.29, 1.82) is 0 Å². The number of carbonyl (C=O) groups is 1. The first-order valence-electron chi connectivity index (χ1n) is 6.01. The van der Waals surface area contributed by atoms with Gasteiger partial charge < -0.3 is 10.5 Å². The first-order chi connectivity index (χ1) is 9.16. The van der Waals surface area contributed by atoms with Gasteiger partial charge in [0, 0.05) is 17.5 Å². The summed E-state index contributed by atoms with van der Waals surface area (Å²) < 4.78 is 18.8. The maximum absolute atomic E-state index is 13.4. The molecule has 96 valence electrons. The van der Waals surface area contributed by atoms with Gasteiger partial charge in [-0.25, -0.2) is 4.39 Å². The smallest absolute Gasteiger partial charge is 0.195 e. The molecule has 0 radical (unpaired) electrons. The first-order valence-corrected chi connectivity index (χ1v) is 6.01. The maximum Gasteiger partial charge on any atom is 0.195 e. The SMILES string of the molecule is Nc1c(F)cccc1C(=O)c1ccc2c(c1)CCO2. The van der Waals surface area contributed by atoms with Crippen molar-refractivity contribution < 1.29 is 13.9 Å². The van der Waals surface area contributed by atoms with Crippen molar-refractivity contribution in [3.63, 3.8) is 0 Å². The lowest BCUT2D eigenvalue weighted by molar-refractivity contribution is 0.103. The molecule has 0 saturated carbocycles. The fourth-order valence-corrected chi connectivity index (χ4v) is 2.22. The minimum Gasteiger partial charge on any atom is -0.493 e. The first kappa shape index (κ1) is 11.7. The predicted molar refractivity (Wildman–Crippen MR) is 69.9 cm³/mol. The molecule has 0 saturated heterocycles. The van der Waals surface area contributed by atoms with Gasteiger partial charge in [0.2, 0.25) is 0 Å². The molecule has 0 aromatic heterocycles. The summed E-state index contributed by atoms with van der Waals surface area (Å²) in [5, 5.41) is 0. The Kier molecular flexibility index (Phi) is 2.71. The zero-order valence-electron chi connectivity index (χ0n) is 10.2. The molecular weight excluding hydrogens is 245 g/mol. The van der Waals surface area contributed by atoms with Crippen LogP contribution >= 0.6 is 0 Å². The topological polar surface area (TPSA) is 52.3 Å². The molecule has 4 heteroatoms. The van der Waals surface area contributed by atoms with Crippen LogP contribution in [0.1, 0.15) is 21.5 Å². The van der Waals surface area contributed by atoms with Gasteiger partial charge in [0.25, 0.3) is 0 Å². The van der Waals surface area contributed by atoms with Gasteiger partial charge in [-0.2, -0.15) is 0 Å². The van der Waals surface area contributed by atoms with Gasteiger partial charge in [0.1, 0.15) is 11.6 Å². The normalized spacial score (nSPS) is 12.9. The number of rotatable bonds is 2. The highest BCUT2D eigenvalue weighted by Crippen LogP contribution is 2.28. The van der Waals surface area contributed by atoms with Gasteiger partial charge in [0.15, 0.2) is 5.78 Å². The van der Waals surface area contributed by atoms with Crippen molar-refractivity contribution in [1.82, 2.24) is 0 Å². The third-order valence-corrected chi connectivity index (χ3v) is 3.25. The molecule has 2 aromatic rings. The maximum atomic E-state index is 13.4. The molecule has 1 aliphatic rings. The van der Waals surface area contributed by atoms with Crippen LogP contribution in [0.5, 0.6) is 5.75 Å². The molecule has 0 aliphatic carbocycles. The second kappa shape index (κ2) is 4.39. The van der Waals surface area contributed by atoms with Crippen LogP contribution in [0.15, 0.2) is 36.4 Å². The van der Waals surface area contributed by atoms with E-state index < -0.39 is 5.82 Å². The molecule has 3 nitrogen and oxygen atoms in total. The van der Waals surface area contributed by atoms with Crippen LogP contribution in [-0.4, -0.2) is 12.4 Å². The van der Waals surface area contributed by atoms with E-state index in [4.69, 9.17) is 10.5 Å². The van der Waals surface area contributed by atoms with E-state index in [-0.39, 0.29) is 17.0 Å². The monoisotopic (exact) mass is 257 g/mol. The Hall–Kier alpha value is -2.36. The molecule has 2 N–H and O–H groups in total. The average molecular weight is 257 g/mol. The number of ketones is 1. The lowest BCUT2D eigenvalue weighted by atomic mass is 9.99. The summed E-state index contributed by atoms with van der Waals surface area (Å²) in [6, 6.07) is 9.49. The van der Waals surface area contributed by atoms with Crippen LogP contribution in [0.3, 0.4) is 0 Å². The Balaban J connectivity index is 2.02. The van der Waals surface area contributed by atoms with E-state index in [0.717, 1.165) is 17.7 Å². The molecule has 0 spiro atoms. The Morgan fingerprint density at radius 3 is 2.95 bits per heavy atom. The third-order valence-electron chi connectivity index (χ3n) is 3.25. The standard InChI is InChI=1S/C15H12FNO2/c16-12-3-1-2-11(14(12)17)15(18)10-4-5-13-9(8-10)6-7-19-13/h1-5,8H,6-7,17H2. The minimum atomic E-state index is -0.574. The van der Waals surface area contributed by atoms with Crippen molar-refractivity contribution in [2.45, 2.75) is 6.42 Å². The van der Waals surface area contributed by atoms with Crippen LogP contribution < -0.4 is 10.5 Å². The Bertz CT molecular complexity index is 667. The average Bonchev–Trinajstić information content (AvgIpc) is 2.88. The molecule has 2 aromatic carbocycles. The molecule has 3 rings (SSSR count). The van der Waals surface area contributed by atoms with Crippen LogP contribution in [-0.2, 0) is 6.42 Å². The Labute approximate surface area is 109 Å². The van der Waals surface area contributed by atoms with Gasteiger partial charge in [0.05, 0.1) is 12.3 Å². The molecule has 19 heavy (non-hydrogen) atoms. The lowest BCUT2D eigenvalue weighted by Gasteiger charge is -2.07. The molecule has 0 amide bonds. The van der Waals surface area contributed by atoms with Gasteiger partial charge in [-0.1, -0.05) is 6.07 Å². The fourth-order valence-electron chi connectivity index (χ4n) is 2.22. The number of hydrogen-bond donors (Lipinski definition) is 1. The number of carbonyl (C=O) groups excluding carboxylic acids is 1. The lowest BCUT2D eigenvalue weighted by Crippen LogP contribution is -2.07. The molecular formula is C15H12FNO2. The van der Waals surface area contributed by atoms with Crippen molar-refractivity contribution in [3.05, 3.63) is 58.9 Å². The van der Waals surface area contributed by atoms with Crippen LogP contribution in [0.25, 0.3) is 0 Å². The van der Waals surface area contributed by atoms with Crippen molar-refractivity contribution >= 4 is 11.5 Å². The van der Waals surface area contributed by atoms with Gasteiger partial charge in [-0.3, -0.25) is 4.79 Å². The van der Waals surface area contributed by atoms with E-state index in [9.17, 15) is 9.18 Å². The third kappa shape index (κ3) is 1.95. The highest BCUT2D eigenvalue weighted by atomic mass is 19.1. The molecule has 0 bridgehead atoms.